The van der Waals surface area contributed by atoms with E-state index >= 15 is 0 Å². The van der Waals surface area contributed by atoms with Gasteiger partial charge in [-0.1, -0.05) is 72.8 Å². The van der Waals surface area contributed by atoms with Crippen molar-refractivity contribution in [3.05, 3.63) is 118 Å². The minimum Gasteiger partial charge on any atom is -0.496 e. The molecule has 4 aromatic carbocycles. The fraction of sp³-hybridized carbons (Fsp3) is 0.273. The molecule has 0 spiro atoms. The van der Waals surface area contributed by atoms with Crippen LogP contribution < -0.4 is 4.74 Å². The number of imide groups is 1. The van der Waals surface area contributed by atoms with Crippen LogP contribution in [-0.2, 0) is 29.1 Å². The lowest BCUT2D eigenvalue weighted by atomic mass is 9.84. The van der Waals surface area contributed by atoms with E-state index in [9.17, 15) is 19.7 Å². The van der Waals surface area contributed by atoms with Crippen molar-refractivity contribution >= 4 is 28.3 Å². The van der Waals surface area contributed by atoms with Gasteiger partial charge in [0.05, 0.1) is 24.5 Å². The van der Waals surface area contributed by atoms with Gasteiger partial charge >= 0.3 is 0 Å². The third kappa shape index (κ3) is 5.07. The number of methoxy groups -OCH3 is 1. The number of benzene rings is 4. The van der Waals surface area contributed by atoms with E-state index in [1.54, 1.807) is 19.2 Å². The van der Waals surface area contributed by atoms with Gasteiger partial charge in [-0.25, -0.2) is 0 Å². The molecule has 8 nitrogen and oxygen atoms in total. The van der Waals surface area contributed by atoms with Gasteiger partial charge in [-0.3, -0.25) is 29.5 Å². The summed E-state index contributed by atoms with van der Waals surface area (Å²) in [6.45, 7) is 0.634. The van der Waals surface area contributed by atoms with Crippen LogP contribution in [0.2, 0.25) is 0 Å². The fourth-order valence-electron chi connectivity index (χ4n) is 6.46. The molecule has 0 bridgehead atoms. The number of nitro groups is 1. The van der Waals surface area contributed by atoms with Crippen LogP contribution in [0.3, 0.4) is 0 Å². The molecule has 0 aromatic heterocycles. The normalized spacial score (nSPS) is 20.8. The fourth-order valence-corrected chi connectivity index (χ4v) is 6.46. The predicted molar refractivity (Wildman–Crippen MR) is 155 cm³/mol. The highest BCUT2D eigenvalue weighted by Crippen LogP contribution is 2.39. The maximum absolute atomic E-state index is 14.1. The van der Waals surface area contributed by atoms with E-state index in [1.807, 2.05) is 66.7 Å². The smallest absolute Gasteiger partial charge is 0.269 e. The summed E-state index contributed by atoms with van der Waals surface area (Å²) in [6, 6.07) is 27.6. The highest BCUT2D eigenvalue weighted by Gasteiger charge is 2.53. The van der Waals surface area contributed by atoms with Crippen LogP contribution in [0.1, 0.15) is 29.5 Å². The van der Waals surface area contributed by atoms with Gasteiger partial charge in [0.1, 0.15) is 11.8 Å². The molecule has 4 aromatic rings. The summed E-state index contributed by atoms with van der Waals surface area (Å²) < 4.78 is 5.61. The Bertz CT molecular complexity index is 1610. The number of nitrogens with zero attached hydrogens (tertiary/aromatic N) is 3. The number of likely N-dealkylation sites (tertiary alicyclic amines) is 2. The Morgan fingerprint density at radius 2 is 1.54 bits per heavy atom. The van der Waals surface area contributed by atoms with E-state index in [2.05, 4.69) is 4.90 Å². The van der Waals surface area contributed by atoms with Gasteiger partial charge in [0.15, 0.2) is 0 Å². The molecule has 2 heterocycles. The maximum atomic E-state index is 14.1. The monoisotopic (exact) mass is 549 g/mol. The molecule has 2 aliphatic rings. The van der Waals surface area contributed by atoms with Crippen molar-refractivity contribution in [2.24, 2.45) is 5.92 Å². The zero-order chi connectivity index (χ0) is 28.5. The summed E-state index contributed by atoms with van der Waals surface area (Å²) in [5.41, 5.74) is 2.85. The third-order valence-corrected chi connectivity index (χ3v) is 8.49. The molecule has 2 amide bonds. The van der Waals surface area contributed by atoms with E-state index in [0.29, 0.717) is 19.4 Å². The van der Waals surface area contributed by atoms with Crippen molar-refractivity contribution in [2.75, 3.05) is 7.11 Å². The number of nitro benzene ring substituents is 1. The zero-order valence-electron chi connectivity index (χ0n) is 22.8. The predicted octanol–water partition coefficient (Wildman–Crippen LogP) is 5.52. The van der Waals surface area contributed by atoms with Crippen LogP contribution in [-0.4, -0.2) is 45.7 Å². The average Bonchev–Trinajstić information content (AvgIpc) is 3.23. The Labute approximate surface area is 238 Å². The van der Waals surface area contributed by atoms with Gasteiger partial charge in [-0.2, -0.15) is 0 Å². The highest BCUT2D eigenvalue weighted by atomic mass is 16.6. The molecule has 0 N–H and O–H groups in total. The van der Waals surface area contributed by atoms with Crippen molar-refractivity contribution in [3.63, 3.8) is 0 Å². The van der Waals surface area contributed by atoms with Crippen LogP contribution in [0, 0.1) is 16.0 Å². The number of amides is 2. The standard InChI is InChI=1S/C33H31N3O5/c1-41-30-12-5-3-8-24(30)19-27-17-18-29-31(34(27)20-22-13-15-26(16-14-22)36(39)40)33(38)35(32(29)37)21-25-10-6-9-23-7-2-4-11-28(23)25/h2-16,27,29,31H,17-21H2,1H3. The van der Waals surface area contributed by atoms with Crippen LogP contribution in [0.4, 0.5) is 5.69 Å². The van der Waals surface area contributed by atoms with Crippen molar-refractivity contribution in [3.8, 4) is 5.75 Å². The Balaban J connectivity index is 1.33. The first kappa shape index (κ1) is 26.7. The lowest BCUT2D eigenvalue weighted by Gasteiger charge is -2.42. The number of rotatable bonds is 8. The van der Waals surface area contributed by atoms with E-state index in [1.165, 1.54) is 17.0 Å². The average molecular weight is 550 g/mol. The van der Waals surface area contributed by atoms with E-state index in [-0.39, 0.29) is 30.1 Å². The number of carbonyl (C=O) groups excluding carboxylic acids is 2. The molecule has 208 valence electrons. The first-order chi connectivity index (χ1) is 19.9. The Kier molecular flexibility index (Phi) is 7.24. The van der Waals surface area contributed by atoms with Gasteiger partial charge in [-0.05, 0) is 52.8 Å². The molecule has 0 saturated carbocycles. The van der Waals surface area contributed by atoms with Gasteiger partial charge in [0.25, 0.3) is 5.69 Å². The molecule has 0 aliphatic carbocycles. The number of para-hydroxylation sites is 1. The first-order valence-corrected chi connectivity index (χ1v) is 13.9. The molecule has 3 unspecified atom stereocenters. The third-order valence-electron chi connectivity index (χ3n) is 8.49. The maximum Gasteiger partial charge on any atom is 0.269 e. The Morgan fingerprint density at radius 1 is 0.829 bits per heavy atom. The largest absolute Gasteiger partial charge is 0.496 e. The van der Waals surface area contributed by atoms with Crippen LogP contribution in [0.15, 0.2) is 91.0 Å². The van der Waals surface area contributed by atoms with Gasteiger partial charge in [0, 0.05) is 24.7 Å². The van der Waals surface area contributed by atoms with E-state index in [0.717, 1.165) is 39.6 Å². The molecule has 0 radical (unpaired) electrons. The number of piperidine rings is 1. The molecule has 3 atom stereocenters. The van der Waals surface area contributed by atoms with Crippen molar-refractivity contribution in [2.45, 2.75) is 44.4 Å². The summed E-state index contributed by atoms with van der Waals surface area (Å²) in [5.74, 6) is 0.0534. The summed E-state index contributed by atoms with van der Waals surface area (Å²) in [5, 5.41) is 13.3. The molecule has 2 fully saturated rings. The second-order valence-corrected chi connectivity index (χ2v) is 10.8. The summed E-state index contributed by atoms with van der Waals surface area (Å²) >= 11 is 0. The van der Waals surface area contributed by atoms with Crippen LogP contribution >= 0.6 is 0 Å². The van der Waals surface area contributed by atoms with Gasteiger partial charge in [-0.15, -0.1) is 0 Å². The van der Waals surface area contributed by atoms with Gasteiger partial charge < -0.3 is 4.74 Å². The number of ether oxygens (including phenoxy) is 1. The summed E-state index contributed by atoms with van der Waals surface area (Å²) in [6.07, 6.45) is 2.02. The minimum atomic E-state index is -0.596. The molecule has 6 rings (SSSR count). The minimum absolute atomic E-state index is 0.0167. The lowest BCUT2D eigenvalue weighted by molar-refractivity contribution is -0.384. The SMILES string of the molecule is COc1ccccc1CC1CCC2C(=O)N(Cc3cccc4ccccc34)C(=O)C2N1Cc1ccc([N+](=O)[O-])cc1. The molecule has 2 saturated heterocycles. The molecule has 2 aliphatic heterocycles. The zero-order valence-corrected chi connectivity index (χ0v) is 22.8. The summed E-state index contributed by atoms with van der Waals surface area (Å²) in [4.78, 5) is 42.2. The Hall–Kier alpha value is -4.56. The van der Waals surface area contributed by atoms with Crippen molar-refractivity contribution in [1.82, 2.24) is 9.80 Å². The number of hydrogen-bond acceptors (Lipinski definition) is 6. The summed E-state index contributed by atoms with van der Waals surface area (Å²) in [7, 11) is 1.65. The van der Waals surface area contributed by atoms with Crippen molar-refractivity contribution < 1.29 is 19.2 Å². The molecule has 41 heavy (non-hydrogen) atoms. The quantitative estimate of drug-likeness (QED) is 0.163. The molecular formula is C33H31N3O5. The molecular weight excluding hydrogens is 518 g/mol. The Morgan fingerprint density at radius 3 is 2.32 bits per heavy atom. The highest BCUT2D eigenvalue weighted by molar-refractivity contribution is 6.07. The number of carbonyl (C=O) groups is 2. The van der Waals surface area contributed by atoms with Crippen LogP contribution in [0.25, 0.3) is 10.8 Å². The second-order valence-electron chi connectivity index (χ2n) is 10.8. The number of fused-ring (bicyclic) bond motifs is 2. The lowest BCUT2D eigenvalue weighted by Crippen LogP contribution is -2.53. The van der Waals surface area contributed by atoms with Crippen molar-refractivity contribution in [1.29, 1.82) is 0 Å². The first-order valence-electron chi connectivity index (χ1n) is 13.9. The molecule has 8 heteroatoms. The van der Waals surface area contributed by atoms with Gasteiger partial charge in [0.2, 0.25) is 11.8 Å². The number of hydrogen-bond donors (Lipinski definition) is 0. The second kappa shape index (κ2) is 11.1. The topological polar surface area (TPSA) is 93.0 Å². The van der Waals surface area contributed by atoms with Crippen LogP contribution in [0.5, 0.6) is 5.75 Å². The number of non-ortho nitro benzene ring substituents is 1. The van der Waals surface area contributed by atoms with E-state index < -0.39 is 16.9 Å². The van der Waals surface area contributed by atoms with E-state index in [4.69, 9.17) is 4.74 Å².